The lowest BCUT2D eigenvalue weighted by atomic mass is 9.94. The Morgan fingerprint density at radius 3 is 2.46 bits per heavy atom. The predicted octanol–water partition coefficient (Wildman–Crippen LogP) is 3.58. The van der Waals surface area contributed by atoms with Gasteiger partial charge >= 0.3 is 18.2 Å². The van der Waals surface area contributed by atoms with Crippen LogP contribution in [0.4, 0.5) is 18.0 Å². The van der Waals surface area contributed by atoms with E-state index in [0.29, 0.717) is 17.0 Å². The topological polar surface area (TPSA) is 58.6 Å². The molecule has 1 N–H and O–H groups in total. The van der Waals surface area contributed by atoms with Crippen molar-refractivity contribution in [2.75, 3.05) is 25.7 Å². The van der Waals surface area contributed by atoms with Crippen molar-refractivity contribution in [2.24, 2.45) is 0 Å². The highest BCUT2D eigenvalue weighted by molar-refractivity contribution is 7.98. The third-order valence-electron chi connectivity index (χ3n) is 4.07. The molecular weight excluding hydrogens is 369 g/mol. The van der Waals surface area contributed by atoms with Gasteiger partial charge in [-0.3, -0.25) is 0 Å². The van der Waals surface area contributed by atoms with E-state index in [1.54, 1.807) is 6.92 Å². The zero-order valence-corrected chi connectivity index (χ0v) is 15.3. The van der Waals surface area contributed by atoms with Gasteiger partial charge in [-0.05, 0) is 30.9 Å². The number of hydrogen-bond acceptors (Lipinski definition) is 4. The van der Waals surface area contributed by atoms with Gasteiger partial charge < -0.3 is 15.0 Å². The van der Waals surface area contributed by atoms with Crippen molar-refractivity contribution in [3.63, 3.8) is 0 Å². The van der Waals surface area contributed by atoms with Crippen LogP contribution >= 0.6 is 11.8 Å². The smallest absolute Gasteiger partial charge is 0.416 e. The molecule has 1 aliphatic heterocycles. The number of allylic oxidation sites excluding steroid dienone is 1. The maximum absolute atomic E-state index is 12.8. The first-order valence-corrected chi connectivity index (χ1v) is 9.14. The van der Waals surface area contributed by atoms with E-state index in [9.17, 15) is 22.8 Å². The molecule has 9 heteroatoms. The summed E-state index contributed by atoms with van der Waals surface area (Å²) in [6.45, 7) is 1.80. The molecule has 2 rings (SSSR count). The molecule has 0 spiro atoms. The quantitative estimate of drug-likeness (QED) is 0.619. The van der Waals surface area contributed by atoms with Crippen LogP contribution in [0.2, 0.25) is 0 Å². The average Bonchev–Trinajstić information content (AvgIpc) is 2.58. The van der Waals surface area contributed by atoms with Crippen LogP contribution in [0, 0.1) is 0 Å². The van der Waals surface area contributed by atoms with Gasteiger partial charge in [-0.25, -0.2) is 9.59 Å². The molecule has 0 saturated heterocycles. The molecule has 1 aliphatic rings. The van der Waals surface area contributed by atoms with Gasteiger partial charge in [0.05, 0.1) is 17.2 Å². The number of nitrogens with zero attached hydrogens (tertiary/aromatic N) is 1. The fourth-order valence-corrected chi connectivity index (χ4v) is 2.76. The molecule has 26 heavy (non-hydrogen) atoms. The number of esters is 1. The van der Waals surface area contributed by atoms with E-state index in [-0.39, 0.29) is 12.2 Å². The van der Waals surface area contributed by atoms with Crippen LogP contribution in [0.5, 0.6) is 0 Å². The van der Waals surface area contributed by atoms with Crippen molar-refractivity contribution in [1.82, 2.24) is 10.2 Å². The van der Waals surface area contributed by atoms with E-state index in [0.717, 1.165) is 12.1 Å². The number of urea groups is 1. The fraction of sp³-hybridized carbons (Fsp3) is 0.412. The molecule has 0 aromatic heterocycles. The first-order chi connectivity index (χ1) is 12.2. The van der Waals surface area contributed by atoms with E-state index >= 15 is 0 Å². The Kier molecular flexibility index (Phi) is 6.22. The van der Waals surface area contributed by atoms with Gasteiger partial charge in [-0.2, -0.15) is 24.9 Å². The van der Waals surface area contributed by atoms with Crippen molar-refractivity contribution in [3.8, 4) is 0 Å². The van der Waals surface area contributed by atoms with E-state index in [1.807, 2.05) is 6.26 Å². The third-order valence-corrected chi connectivity index (χ3v) is 4.64. The van der Waals surface area contributed by atoms with Crippen LogP contribution in [0.25, 0.3) is 0 Å². The number of halogens is 3. The number of ether oxygens (including phenoxy) is 1. The molecule has 0 aliphatic carbocycles. The highest BCUT2D eigenvalue weighted by atomic mass is 32.2. The summed E-state index contributed by atoms with van der Waals surface area (Å²) < 4.78 is 43.5. The van der Waals surface area contributed by atoms with E-state index in [2.05, 4.69) is 5.32 Å². The molecule has 1 atom stereocenters. The largest absolute Gasteiger partial charge is 0.461 e. The number of alkyl halides is 3. The van der Waals surface area contributed by atoms with Gasteiger partial charge in [0.1, 0.15) is 6.61 Å². The molecule has 1 heterocycles. The second-order valence-corrected chi connectivity index (χ2v) is 6.67. The second-order valence-electron chi connectivity index (χ2n) is 5.69. The highest BCUT2D eigenvalue weighted by Gasteiger charge is 2.36. The van der Waals surface area contributed by atoms with Crippen molar-refractivity contribution >= 4 is 23.8 Å². The van der Waals surface area contributed by atoms with E-state index < -0.39 is 29.8 Å². The van der Waals surface area contributed by atoms with Gasteiger partial charge in [0, 0.05) is 18.5 Å². The highest BCUT2D eigenvalue weighted by Crippen LogP contribution is 2.33. The zero-order valence-electron chi connectivity index (χ0n) is 14.5. The van der Waals surface area contributed by atoms with Crippen molar-refractivity contribution in [2.45, 2.75) is 19.1 Å². The average molecular weight is 388 g/mol. The molecule has 0 fully saturated rings. The molecule has 0 bridgehead atoms. The predicted molar refractivity (Wildman–Crippen MR) is 92.5 cm³/mol. The lowest BCUT2D eigenvalue weighted by molar-refractivity contribution is -0.139. The van der Waals surface area contributed by atoms with Crippen LogP contribution in [-0.4, -0.2) is 42.6 Å². The summed E-state index contributed by atoms with van der Waals surface area (Å²) in [5, 5.41) is 2.63. The van der Waals surface area contributed by atoms with E-state index in [1.165, 1.54) is 35.8 Å². The minimum atomic E-state index is -4.46. The number of amides is 2. The van der Waals surface area contributed by atoms with Gasteiger partial charge in [0.15, 0.2) is 0 Å². The monoisotopic (exact) mass is 388 g/mol. The normalized spacial score (nSPS) is 18.0. The number of rotatable bonds is 5. The Hall–Kier alpha value is -2.16. The fourth-order valence-electron chi connectivity index (χ4n) is 2.51. The molecule has 0 unspecified atom stereocenters. The van der Waals surface area contributed by atoms with Gasteiger partial charge in [0.2, 0.25) is 0 Å². The van der Waals surface area contributed by atoms with Crippen LogP contribution in [0.3, 0.4) is 0 Å². The maximum atomic E-state index is 12.8. The minimum absolute atomic E-state index is 0.202. The summed E-state index contributed by atoms with van der Waals surface area (Å²) >= 11 is 1.51. The Morgan fingerprint density at radius 1 is 1.31 bits per heavy atom. The number of benzene rings is 1. The van der Waals surface area contributed by atoms with Crippen molar-refractivity contribution in [3.05, 3.63) is 46.7 Å². The lowest BCUT2D eigenvalue weighted by Gasteiger charge is -2.33. The molecule has 1 aromatic carbocycles. The molecule has 0 radical (unpaired) electrons. The molecule has 2 amide bonds. The Labute approximate surface area is 153 Å². The first-order valence-electron chi connectivity index (χ1n) is 7.75. The second kappa shape index (κ2) is 8.03. The van der Waals surface area contributed by atoms with E-state index in [4.69, 9.17) is 4.74 Å². The van der Waals surface area contributed by atoms with Crippen molar-refractivity contribution in [1.29, 1.82) is 0 Å². The summed E-state index contributed by atoms with van der Waals surface area (Å²) in [5.74, 6) is 0.0129. The molecular formula is C17H19F3N2O3S. The number of thioether (sulfide) groups is 1. The number of carbonyl (C=O) groups excluding carboxylic acids is 2. The van der Waals surface area contributed by atoms with Crippen LogP contribution in [0.15, 0.2) is 35.5 Å². The van der Waals surface area contributed by atoms with Crippen molar-refractivity contribution < 1.29 is 27.5 Å². The van der Waals surface area contributed by atoms with Crippen LogP contribution in [0.1, 0.15) is 24.1 Å². The van der Waals surface area contributed by atoms with Gasteiger partial charge in [-0.15, -0.1) is 0 Å². The first kappa shape index (κ1) is 20.2. The number of carbonyl (C=O) groups is 2. The number of hydrogen-bond donors (Lipinski definition) is 1. The Bertz CT molecular complexity index is 717. The number of nitrogens with one attached hydrogen (secondary N) is 1. The SMILES string of the molecule is CSCCOC(=O)C1=C(C)N(C)C(=O)N[C@@H]1c1ccc(C(F)(F)F)cc1. The molecule has 142 valence electrons. The minimum Gasteiger partial charge on any atom is -0.461 e. The summed E-state index contributed by atoms with van der Waals surface area (Å²) in [5.41, 5.74) is 0.168. The summed E-state index contributed by atoms with van der Waals surface area (Å²) in [6.07, 6.45) is -2.59. The summed E-state index contributed by atoms with van der Waals surface area (Å²) in [7, 11) is 1.50. The van der Waals surface area contributed by atoms with Gasteiger partial charge in [0.25, 0.3) is 0 Å². The summed E-state index contributed by atoms with van der Waals surface area (Å²) in [6, 6.07) is 3.02. The standard InChI is InChI=1S/C17H19F3N2O3S/c1-10-13(15(23)25-8-9-26-3)14(21-16(24)22(10)2)11-4-6-12(7-5-11)17(18,19)20/h4-7,14H,8-9H2,1-3H3,(H,21,24)/t14-/m1/s1. The molecule has 5 nitrogen and oxygen atoms in total. The zero-order chi connectivity index (χ0) is 19.5. The van der Waals surface area contributed by atoms with Crippen LogP contribution < -0.4 is 5.32 Å². The lowest BCUT2D eigenvalue weighted by Crippen LogP contribution is -2.46. The molecule has 1 aromatic rings. The third kappa shape index (κ3) is 4.32. The Morgan fingerprint density at radius 2 is 1.92 bits per heavy atom. The van der Waals surface area contributed by atoms with Gasteiger partial charge in [-0.1, -0.05) is 12.1 Å². The maximum Gasteiger partial charge on any atom is 0.416 e. The molecule has 0 saturated carbocycles. The Balaban J connectivity index is 2.37. The summed E-state index contributed by atoms with van der Waals surface area (Å²) in [4.78, 5) is 25.9. The van der Waals surface area contributed by atoms with Crippen LogP contribution in [-0.2, 0) is 15.7 Å².